The smallest absolute Gasteiger partial charge is 0.263 e. The largest absolute Gasteiger partial charge is 0.301 e. The Hall–Kier alpha value is -2.60. The normalized spacial score (nSPS) is 11.3. The molecule has 108 valence electrons. The van der Waals surface area contributed by atoms with Crippen LogP contribution in [0.15, 0.2) is 58.5 Å². The van der Waals surface area contributed by atoms with E-state index in [9.17, 15) is 4.79 Å². The van der Waals surface area contributed by atoms with Crippen LogP contribution in [0.2, 0.25) is 0 Å². The van der Waals surface area contributed by atoms with Crippen LogP contribution in [0.5, 0.6) is 0 Å². The number of para-hydroxylation sites is 3. The van der Waals surface area contributed by atoms with E-state index in [1.807, 2.05) is 42.5 Å². The number of benzene rings is 2. The molecule has 0 unspecified atom stereocenters. The molecule has 0 bridgehead atoms. The summed E-state index contributed by atoms with van der Waals surface area (Å²) < 4.78 is 0. The Morgan fingerprint density at radius 1 is 1.05 bits per heavy atom. The Kier molecular flexibility index (Phi) is 3.16. The van der Waals surface area contributed by atoms with Crippen molar-refractivity contribution in [1.29, 1.82) is 0 Å². The summed E-state index contributed by atoms with van der Waals surface area (Å²) in [5.74, 6) is 1.66. The average molecular weight is 309 g/mol. The third-order valence-corrected chi connectivity index (χ3v) is 4.34. The van der Waals surface area contributed by atoms with Gasteiger partial charge in [0.2, 0.25) is 0 Å². The molecule has 3 N–H and O–H groups in total. The number of nitrogens with zero attached hydrogens (tertiary/aromatic N) is 1. The molecule has 2 aromatic heterocycles. The SMILES string of the molecule is O=c1[nH]c(SCc2[nH]c3ccccc3[nH+]2)nc2ccccc12. The first kappa shape index (κ1) is 13.1. The van der Waals surface area contributed by atoms with Gasteiger partial charge in [-0.2, -0.15) is 0 Å². The molecule has 0 saturated heterocycles. The molecule has 0 aliphatic carbocycles. The van der Waals surface area contributed by atoms with Gasteiger partial charge >= 0.3 is 0 Å². The lowest BCUT2D eigenvalue weighted by Crippen LogP contribution is -2.10. The van der Waals surface area contributed by atoms with Gasteiger partial charge in [0.1, 0.15) is 5.75 Å². The number of thioether (sulfide) groups is 1. The molecule has 0 fully saturated rings. The first-order chi connectivity index (χ1) is 10.8. The van der Waals surface area contributed by atoms with E-state index >= 15 is 0 Å². The third-order valence-electron chi connectivity index (χ3n) is 3.44. The summed E-state index contributed by atoms with van der Waals surface area (Å²) in [6, 6.07) is 15.4. The summed E-state index contributed by atoms with van der Waals surface area (Å²) in [6.07, 6.45) is 0. The van der Waals surface area contributed by atoms with Gasteiger partial charge in [0.05, 0.1) is 10.9 Å². The number of aromatic amines is 3. The second kappa shape index (κ2) is 5.31. The lowest BCUT2D eigenvalue weighted by Gasteiger charge is -2.00. The maximum absolute atomic E-state index is 12.0. The van der Waals surface area contributed by atoms with E-state index in [0.717, 1.165) is 22.4 Å². The molecule has 5 nitrogen and oxygen atoms in total. The Labute approximate surface area is 129 Å². The Bertz CT molecular complexity index is 988. The van der Waals surface area contributed by atoms with Gasteiger partial charge in [-0.05, 0) is 24.3 Å². The van der Waals surface area contributed by atoms with E-state index in [1.54, 1.807) is 6.07 Å². The van der Waals surface area contributed by atoms with Crippen LogP contribution in [0, 0.1) is 0 Å². The highest BCUT2D eigenvalue weighted by molar-refractivity contribution is 7.98. The number of H-pyrrole nitrogens is 3. The molecule has 0 radical (unpaired) electrons. The molecule has 2 heterocycles. The maximum Gasteiger partial charge on any atom is 0.263 e. The standard InChI is InChI=1S/C16H12N4OS/c21-15-10-5-1-2-6-11(10)19-16(20-15)22-9-14-17-12-7-3-4-8-13(12)18-14/h1-8H,9H2,(H,17,18)(H,19,20,21)/p+1. The molecule has 0 amide bonds. The van der Waals surface area contributed by atoms with Gasteiger partial charge in [-0.25, -0.2) is 15.0 Å². The minimum atomic E-state index is -0.103. The van der Waals surface area contributed by atoms with Crippen molar-refractivity contribution in [2.75, 3.05) is 0 Å². The molecule has 22 heavy (non-hydrogen) atoms. The summed E-state index contributed by atoms with van der Waals surface area (Å²) in [7, 11) is 0. The summed E-state index contributed by atoms with van der Waals surface area (Å²) in [5.41, 5.74) is 2.75. The number of hydrogen-bond donors (Lipinski definition) is 2. The molecule has 4 aromatic rings. The van der Waals surface area contributed by atoms with Crippen molar-refractivity contribution in [3.8, 4) is 0 Å². The summed E-state index contributed by atoms with van der Waals surface area (Å²) in [4.78, 5) is 26.0. The van der Waals surface area contributed by atoms with Crippen LogP contribution in [-0.2, 0) is 5.75 Å². The predicted octanol–water partition coefficient (Wildman–Crippen LogP) is 2.51. The summed E-state index contributed by atoms with van der Waals surface area (Å²) >= 11 is 1.49. The highest BCUT2D eigenvalue weighted by Crippen LogP contribution is 2.18. The number of fused-ring (bicyclic) bond motifs is 2. The number of rotatable bonds is 3. The fourth-order valence-electron chi connectivity index (χ4n) is 2.40. The van der Waals surface area contributed by atoms with Crippen LogP contribution in [0.25, 0.3) is 21.9 Å². The molecule has 0 atom stereocenters. The molecule has 6 heteroatoms. The second-order valence-corrected chi connectivity index (χ2v) is 5.92. The van der Waals surface area contributed by atoms with Crippen molar-refractivity contribution >= 4 is 33.7 Å². The van der Waals surface area contributed by atoms with Gasteiger partial charge in [-0.3, -0.25) is 4.79 Å². The lowest BCUT2D eigenvalue weighted by atomic mass is 10.2. The average Bonchev–Trinajstić information content (AvgIpc) is 2.96. The van der Waals surface area contributed by atoms with Crippen LogP contribution in [0.4, 0.5) is 0 Å². The fourth-order valence-corrected chi connectivity index (χ4v) is 3.16. The highest BCUT2D eigenvalue weighted by Gasteiger charge is 2.11. The van der Waals surface area contributed by atoms with Gasteiger partial charge in [0.25, 0.3) is 11.4 Å². The summed E-state index contributed by atoms with van der Waals surface area (Å²) in [6.45, 7) is 0. The first-order valence-electron chi connectivity index (χ1n) is 6.90. The molecular weight excluding hydrogens is 296 g/mol. The van der Waals surface area contributed by atoms with Crippen molar-refractivity contribution in [2.45, 2.75) is 10.9 Å². The molecule has 0 spiro atoms. The lowest BCUT2D eigenvalue weighted by molar-refractivity contribution is -0.355. The van der Waals surface area contributed by atoms with E-state index in [-0.39, 0.29) is 5.56 Å². The zero-order chi connectivity index (χ0) is 14.9. The molecule has 4 rings (SSSR count). The van der Waals surface area contributed by atoms with Gasteiger partial charge < -0.3 is 4.98 Å². The zero-order valence-electron chi connectivity index (χ0n) is 11.6. The minimum Gasteiger partial charge on any atom is -0.301 e. The first-order valence-corrected chi connectivity index (χ1v) is 7.89. The van der Waals surface area contributed by atoms with Gasteiger partial charge in [0.15, 0.2) is 16.2 Å². The predicted molar refractivity (Wildman–Crippen MR) is 86.8 cm³/mol. The van der Waals surface area contributed by atoms with Crippen molar-refractivity contribution in [1.82, 2.24) is 15.0 Å². The zero-order valence-corrected chi connectivity index (χ0v) is 12.4. The molecular formula is C16H13N4OS+. The van der Waals surface area contributed by atoms with Crippen molar-refractivity contribution in [3.05, 3.63) is 64.7 Å². The van der Waals surface area contributed by atoms with Crippen LogP contribution in [0.3, 0.4) is 0 Å². The number of imidazole rings is 1. The number of hydrogen-bond acceptors (Lipinski definition) is 3. The monoisotopic (exact) mass is 309 g/mol. The quantitative estimate of drug-likeness (QED) is 0.451. The van der Waals surface area contributed by atoms with Gasteiger partial charge in [0, 0.05) is 0 Å². The Balaban J connectivity index is 1.62. The number of nitrogens with one attached hydrogen (secondary N) is 3. The molecule has 0 aliphatic heterocycles. The van der Waals surface area contributed by atoms with Crippen LogP contribution in [0.1, 0.15) is 5.82 Å². The van der Waals surface area contributed by atoms with E-state index in [4.69, 9.17) is 0 Å². The van der Waals surface area contributed by atoms with E-state index in [1.165, 1.54) is 11.8 Å². The minimum absolute atomic E-state index is 0.103. The van der Waals surface area contributed by atoms with E-state index < -0.39 is 0 Å². The second-order valence-electron chi connectivity index (χ2n) is 4.95. The fraction of sp³-hybridized carbons (Fsp3) is 0.0625. The molecule has 0 aliphatic rings. The Morgan fingerprint density at radius 3 is 2.77 bits per heavy atom. The Morgan fingerprint density at radius 2 is 1.86 bits per heavy atom. The number of aromatic nitrogens is 4. The topological polar surface area (TPSA) is 75.7 Å². The molecule has 2 aromatic carbocycles. The van der Waals surface area contributed by atoms with Crippen molar-refractivity contribution in [3.63, 3.8) is 0 Å². The third kappa shape index (κ3) is 2.37. The highest BCUT2D eigenvalue weighted by atomic mass is 32.2. The van der Waals surface area contributed by atoms with Crippen LogP contribution < -0.4 is 10.5 Å². The molecule has 0 saturated carbocycles. The van der Waals surface area contributed by atoms with E-state index in [0.29, 0.717) is 16.3 Å². The van der Waals surface area contributed by atoms with Crippen molar-refractivity contribution < 1.29 is 4.98 Å². The van der Waals surface area contributed by atoms with Crippen molar-refractivity contribution in [2.24, 2.45) is 0 Å². The van der Waals surface area contributed by atoms with Gasteiger partial charge in [-0.1, -0.05) is 36.0 Å². The maximum atomic E-state index is 12.0. The summed E-state index contributed by atoms with van der Waals surface area (Å²) in [5, 5.41) is 1.24. The van der Waals surface area contributed by atoms with E-state index in [2.05, 4.69) is 19.9 Å². The van der Waals surface area contributed by atoms with Gasteiger partial charge in [-0.15, -0.1) is 0 Å². The van der Waals surface area contributed by atoms with Crippen LogP contribution in [-0.4, -0.2) is 15.0 Å². The van der Waals surface area contributed by atoms with Crippen LogP contribution >= 0.6 is 11.8 Å².